The van der Waals surface area contributed by atoms with E-state index in [2.05, 4.69) is 18.7 Å². The lowest BCUT2D eigenvalue weighted by atomic mass is 9.84. The van der Waals surface area contributed by atoms with E-state index in [-0.39, 0.29) is 5.84 Å². The number of likely N-dealkylation sites (tertiary alicyclic amines) is 1. The van der Waals surface area contributed by atoms with E-state index in [9.17, 15) is 0 Å². The summed E-state index contributed by atoms with van der Waals surface area (Å²) in [7, 11) is 0. The van der Waals surface area contributed by atoms with E-state index in [1.165, 1.54) is 19.4 Å². The maximum atomic E-state index is 7.35. The first-order valence-electron chi connectivity index (χ1n) is 7.26. The van der Waals surface area contributed by atoms with E-state index in [1.807, 2.05) is 24.3 Å². The molecule has 4 heteroatoms. The number of nitrogen functional groups attached to an aromatic ring is 1. The fraction of sp³-hybridized carbons (Fsp3) is 0.562. The second kappa shape index (κ2) is 6.27. The third-order valence-corrected chi connectivity index (χ3v) is 3.82. The Morgan fingerprint density at radius 2 is 2.05 bits per heavy atom. The molecule has 4 nitrogen and oxygen atoms in total. The van der Waals surface area contributed by atoms with Gasteiger partial charge >= 0.3 is 0 Å². The number of nitrogens with one attached hydrogen (secondary N) is 1. The summed E-state index contributed by atoms with van der Waals surface area (Å²) in [6.45, 7) is 8.67. The summed E-state index contributed by atoms with van der Waals surface area (Å²) in [6.07, 6.45) is 2.59. The van der Waals surface area contributed by atoms with Crippen LogP contribution in [0.25, 0.3) is 0 Å². The smallest absolute Gasteiger partial charge is 0.122 e. The highest BCUT2D eigenvalue weighted by Gasteiger charge is 2.25. The van der Waals surface area contributed by atoms with Crippen LogP contribution in [-0.4, -0.2) is 37.0 Å². The minimum absolute atomic E-state index is 0.0899. The predicted molar refractivity (Wildman–Crippen MR) is 82.4 cm³/mol. The van der Waals surface area contributed by atoms with Crippen molar-refractivity contribution in [1.29, 1.82) is 5.41 Å². The van der Waals surface area contributed by atoms with Crippen LogP contribution >= 0.6 is 0 Å². The molecule has 1 aromatic carbocycles. The van der Waals surface area contributed by atoms with Crippen LogP contribution in [0, 0.1) is 10.8 Å². The van der Waals surface area contributed by atoms with Crippen LogP contribution in [0.1, 0.15) is 32.3 Å². The summed E-state index contributed by atoms with van der Waals surface area (Å²) in [5.74, 6) is 0.929. The number of ether oxygens (including phenoxy) is 1. The summed E-state index contributed by atoms with van der Waals surface area (Å²) in [6, 6.07) is 7.39. The molecule has 20 heavy (non-hydrogen) atoms. The number of amidine groups is 1. The number of nitrogens with two attached hydrogens (primary N) is 1. The van der Waals surface area contributed by atoms with Crippen LogP contribution in [0.2, 0.25) is 0 Å². The Balaban J connectivity index is 1.76. The fourth-order valence-electron chi connectivity index (χ4n) is 2.76. The molecule has 1 heterocycles. The number of nitrogens with zero attached hydrogens (tertiary/aromatic N) is 1. The first kappa shape index (κ1) is 14.9. The van der Waals surface area contributed by atoms with Gasteiger partial charge in [0.05, 0.1) is 0 Å². The summed E-state index contributed by atoms with van der Waals surface area (Å²) in [4.78, 5) is 2.48. The highest BCUT2D eigenvalue weighted by atomic mass is 16.5. The Morgan fingerprint density at radius 3 is 2.65 bits per heavy atom. The molecule has 2 rings (SSSR count). The Kier molecular flexibility index (Phi) is 4.65. The van der Waals surface area contributed by atoms with Gasteiger partial charge in [-0.2, -0.15) is 0 Å². The zero-order valence-corrected chi connectivity index (χ0v) is 12.5. The van der Waals surface area contributed by atoms with E-state index >= 15 is 0 Å². The summed E-state index contributed by atoms with van der Waals surface area (Å²) in [5, 5.41) is 7.35. The maximum Gasteiger partial charge on any atom is 0.122 e. The van der Waals surface area contributed by atoms with Gasteiger partial charge in [-0.25, -0.2) is 0 Å². The van der Waals surface area contributed by atoms with Gasteiger partial charge in [0.15, 0.2) is 0 Å². The molecule has 0 aliphatic carbocycles. The van der Waals surface area contributed by atoms with Crippen molar-refractivity contribution in [3.8, 4) is 5.75 Å². The van der Waals surface area contributed by atoms with Crippen LogP contribution in [0.15, 0.2) is 24.3 Å². The van der Waals surface area contributed by atoms with Gasteiger partial charge in [-0.1, -0.05) is 13.8 Å². The predicted octanol–water partition coefficient (Wildman–Crippen LogP) is 2.47. The van der Waals surface area contributed by atoms with E-state index in [0.717, 1.165) is 24.4 Å². The van der Waals surface area contributed by atoms with Crippen molar-refractivity contribution < 1.29 is 4.74 Å². The van der Waals surface area contributed by atoms with Crippen LogP contribution < -0.4 is 10.5 Å². The van der Waals surface area contributed by atoms with Gasteiger partial charge < -0.3 is 10.5 Å². The minimum atomic E-state index is 0.0899. The molecule has 1 aliphatic heterocycles. The van der Waals surface area contributed by atoms with Crippen molar-refractivity contribution in [2.24, 2.45) is 11.1 Å². The monoisotopic (exact) mass is 275 g/mol. The van der Waals surface area contributed by atoms with E-state index in [0.29, 0.717) is 12.0 Å². The molecule has 1 saturated heterocycles. The molecule has 110 valence electrons. The number of hydrogen-bond acceptors (Lipinski definition) is 3. The molecule has 0 unspecified atom stereocenters. The largest absolute Gasteiger partial charge is 0.492 e. The number of hydrogen-bond donors (Lipinski definition) is 2. The summed E-state index contributed by atoms with van der Waals surface area (Å²) < 4.78 is 5.76. The van der Waals surface area contributed by atoms with E-state index < -0.39 is 0 Å². The molecule has 0 atom stereocenters. The molecule has 0 radical (unpaired) electrons. The molecule has 0 bridgehead atoms. The lowest BCUT2D eigenvalue weighted by Crippen LogP contribution is -2.41. The average molecular weight is 275 g/mol. The van der Waals surface area contributed by atoms with Gasteiger partial charge in [-0.3, -0.25) is 10.3 Å². The number of rotatable bonds is 5. The van der Waals surface area contributed by atoms with Crippen molar-refractivity contribution in [3.63, 3.8) is 0 Å². The van der Waals surface area contributed by atoms with Crippen molar-refractivity contribution in [3.05, 3.63) is 29.8 Å². The standard InChI is InChI=1S/C16H25N3O/c1-16(2)8-3-9-19(12-16)10-11-20-14-6-4-13(5-7-14)15(17)18/h4-7H,3,8-12H2,1-2H3,(H3,17,18). The van der Waals surface area contributed by atoms with Crippen molar-refractivity contribution in [1.82, 2.24) is 4.90 Å². The Morgan fingerprint density at radius 1 is 1.35 bits per heavy atom. The molecule has 0 amide bonds. The summed E-state index contributed by atoms with van der Waals surface area (Å²) in [5.41, 5.74) is 6.59. The Hall–Kier alpha value is -1.55. The zero-order valence-electron chi connectivity index (χ0n) is 12.5. The highest BCUT2D eigenvalue weighted by molar-refractivity contribution is 5.94. The Bertz CT molecular complexity index is 453. The van der Waals surface area contributed by atoms with Gasteiger partial charge in [-0.15, -0.1) is 0 Å². The normalized spacial score (nSPS) is 18.7. The topological polar surface area (TPSA) is 62.3 Å². The molecular weight excluding hydrogens is 250 g/mol. The molecule has 1 aromatic rings. The van der Waals surface area contributed by atoms with Crippen molar-refractivity contribution >= 4 is 5.84 Å². The van der Waals surface area contributed by atoms with Gasteiger partial charge in [0, 0.05) is 18.7 Å². The third kappa shape index (κ3) is 4.23. The molecule has 1 fully saturated rings. The van der Waals surface area contributed by atoms with Crippen molar-refractivity contribution in [2.75, 3.05) is 26.2 Å². The van der Waals surface area contributed by atoms with E-state index in [4.69, 9.17) is 15.9 Å². The molecule has 3 N–H and O–H groups in total. The van der Waals surface area contributed by atoms with Gasteiger partial charge in [0.2, 0.25) is 0 Å². The number of piperidine rings is 1. The molecule has 0 saturated carbocycles. The second-order valence-electron chi connectivity index (χ2n) is 6.33. The Labute approximate surface area is 121 Å². The SMILES string of the molecule is CC1(C)CCCN(CCOc2ccc(C(=N)N)cc2)C1. The average Bonchev–Trinajstić information content (AvgIpc) is 2.38. The molecule has 0 aromatic heterocycles. The van der Waals surface area contributed by atoms with Gasteiger partial charge in [0.25, 0.3) is 0 Å². The lowest BCUT2D eigenvalue weighted by Gasteiger charge is -2.37. The van der Waals surface area contributed by atoms with Crippen LogP contribution in [0.5, 0.6) is 5.75 Å². The zero-order chi connectivity index (χ0) is 14.6. The number of benzene rings is 1. The maximum absolute atomic E-state index is 7.35. The van der Waals surface area contributed by atoms with E-state index in [1.54, 1.807) is 0 Å². The first-order chi connectivity index (χ1) is 9.46. The molecular formula is C16H25N3O. The quantitative estimate of drug-likeness (QED) is 0.641. The molecule has 1 aliphatic rings. The first-order valence-corrected chi connectivity index (χ1v) is 7.26. The second-order valence-corrected chi connectivity index (χ2v) is 6.33. The van der Waals surface area contributed by atoms with Crippen LogP contribution in [-0.2, 0) is 0 Å². The minimum Gasteiger partial charge on any atom is -0.492 e. The lowest BCUT2D eigenvalue weighted by molar-refractivity contribution is 0.102. The fourth-order valence-corrected chi connectivity index (χ4v) is 2.76. The summed E-state index contributed by atoms with van der Waals surface area (Å²) >= 11 is 0. The molecule has 0 spiro atoms. The van der Waals surface area contributed by atoms with Crippen molar-refractivity contribution in [2.45, 2.75) is 26.7 Å². The van der Waals surface area contributed by atoms with Gasteiger partial charge in [-0.05, 0) is 49.1 Å². The van der Waals surface area contributed by atoms with Crippen LogP contribution in [0.3, 0.4) is 0 Å². The van der Waals surface area contributed by atoms with Crippen LogP contribution in [0.4, 0.5) is 0 Å². The highest BCUT2D eigenvalue weighted by Crippen LogP contribution is 2.28. The third-order valence-electron chi connectivity index (χ3n) is 3.82. The van der Waals surface area contributed by atoms with Gasteiger partial charge in [0.1, 0.15) is 18.2 Å².